The Hall–Kier alpha value is -1.05. The van der Waals surface area contributed by atoms with E-state index >= 15 is 0 Å². The number of ether oxygens (including phenoxy) is 1. The standard InChI is InChI=1S/C10H19N5OS/c1-7(6-16-2)5-12-8-4-9(15-11)14-10(13-8)17-3/h4,7H,5-6,11H2,1-3H3,(H2,12,13,14,15). The third kappa shape index (κ3) is 4.76. The number of nitrogen functional groups attached to an aromatic ring is 1. The maximum Gasteiger partial charge on any atom is 0.191 e. The molecule has 7 heteroatoms. The van der Waals surface area contributed by atoms with E-state index in [1.807, 2.05) is 6.26 Å². The van der Waals surface area contributed by atoms with E-state index in [1.54, 1.807) is 13.2 Å². The maximum atomic E-state index is 5.35. The Morgan fingerprint density at radius 3 is 2.76 bits per heavy atom. The largest absolute Gasteiger partial charge is 0.384 e. The van der Waals surface area contributed by atoms with Gasteiger partial charge in [-0.25, -0.2) is 15.8 Å². The van der Waals surface area contributed by atoms with Gasteiger partial charge in [0.1, 0.15) is 11.6 Å². The second-order valence-electron chi connectivity index (χ2n) is 3.71. The summed E-state index contributed by atoms with van der Waals surface area (Å²) >= 11 is 1.47. The first-order valence-electron chi connectivity index (χ1n) is 5.32. The minimum absolute atomic E-state index is 0.419. The van der Waals surface area contributed by atoms with Gasteiger partial charge < -0.3 is 15.5 Å². The van der Waals surface area contributed by atoms with Crippen LogP contribution in [0.3, 0.4) is 0 Å². The van der Waals surface area contributed by atoms with E-state index in [0.29, 0.717) is 16.9 Å². The first kappa shape index (κ1) is 14.0. The van der Waals surface area contributed by atoms with E-state index in [0.717, 1.165) is 19.0 Å². The van der Waals surface area contributed by atoms with Gasteiger partial charge >= 0.3 is 0 Å². The smallest absolute Gasteiger partial charge is 0.191 e. The predicted molar refractivity (Wildman–Crippen MR) is 71.2 cm³/mol. The lowest BCUT2D eigenvalue weighted by atomic mass is 10.2. The summed E-state index contributed by atoms with van der Waals surface area (Å²) in [7, 11) is 1.70. The summed E-state index contributed by atoms with van der Waals surface area (Å²) in [5.41, 5.74) is 2.53. The van der Waals surface area contributed by atoms with Crippen LogP contribution in [0.4, 0.5) is 11.6 Å². The number of methoxy groups -OCH3 is 1. The lowest BCUT2D eigenvalue weighted by Crippen LogP contribution is -2.17. The second kappa shape index (κ2) is 7.31. The fourth-order valence-corrected chi connectivity index (χ4v) is 1.68. The van der Waals surface area contributed by atoms with E-state index in [9.17, 15) is 0 Å². The van der Waals surface area contributed by atoms with Crippen molar-refractivity contribution >= 4 is 23.4 Å². The molecule has 0 aliphatic heterocycles. The van der Waals surface area contributed by atoms with Crippen molar-refractivity contribution in [3.05, 3.63) is 6.07 Å². The van der Waals surface area contributed by atoms with Crippen LogP contribution in [0, 0.1) is 5.92 Å². The summed E-state index contributed by atoms with van der Waals surface area (Å²) in [5, 5.41) is 3.92. The first-order valence-corrected chi connectivity index (χ1v) is 6.54. The number of anilines is 2. The molecule has 1 aromatic rings. The molecule has 17 heavy (non-hydrogen) atoms. The van der Waals surface area contributed by atoms with Crippen molar-refractivity contribution in [2.75, 3.05) is 37.3 Å². The molecule has 0 aliphatic rings. The highest BCUT2D eigenvalue weighted by Gasteiger charge is 2.05. The normalized spacial score (nSPS) is 12.2. The van der Waals surface area contributed by atoms with E-state index in [1.165, 1.54) is 11.8 Å². The van der Waals surface area contributed by atoms with Crippen molar-refractivity contribution in [1.82, 2.24) is 9.97 Å². The third-order valence-electron chi connectivity index (χ3n) is 2.12. The average Bonchev–Trinajstić information content (AvgIpc) is 2.36. The highest BCUT2D eigenvalue weighted by Crippen LogP contribution is 2.16. The number of hydrogen-bond acceptors (Lipinski definition) is 7. The van der Waals surface area contributed by atoms with Gasteiger partial charge in [0.15, 0.2) is 5.16 Å². The zero-order valence-corrected chi connectivity index (χ0v) is 11.2. The van der Waals surface area contributed by atoms with Crippen LogP contribution in [-0.2, 0) is 4.74 Å². The maximum absolute atomic E-state index is 5.35. The Bertz CT molecular complexity index is 327. The zero-order chi connectivity index (χ0) is 12.7. The fourth-order valence-electron chi connectivity index (χ4n) is 1.30. The summed E-state index contributed by atoms with van der Waals surface area (Å²) in [5.74, 6) is 7.13. The predicted octanol–water partition coefficient (Wildman–Crippen LogP) is 1.18. The van der Waals surface area contributed by atoms with Crippen LogP contribution in [0.5, 0.6) is 0 Å². The van der Waals surface area contributed by atoms with Gasteiger partial charge in [-0.15, -0.1) is 0 Å². The minimum atomic E-state index is 0.419. The Kier molecular flexibility index (Phi) is 6.03. The van der Waals surface area contributed by atoms with Gasteiger partial charge in [-0.3, -0.25) is 0 Å². The molecule has 0 bridgehead atoms. The van der Waals surface area contributed by atoms with Crippen LogP contribution in [0.1, 0.15) is 6.92 Å². The van der Waals surface area contributed by atoms with Crippen LogP contribution in [0.15, 0.2) is 11.2 Å². The molecular weight excluding hydrogens is 238 g/mol. The summed E-state index contributed by atoms with van der Waals surface area (Å²) in [6.07, 6.45) is 1.92. The van der Waals surface area contributed by atoms with Crippen molar-refractivity contribution in [2.45, 2.75) is 12.1 Å². The van der Waals surface area contributed by atoms with Gasteiger partial charge in [-0.05, 0) is 12.2 Å². The molecule has 6 nitrogen and oxygen atoms in total. The summed E-state index contributed by atoms with van der Waals surface area (Å²) in [6, 6.07) is 1.78. The Balaban J connectivity index is 2.63. The first-order chi connectivity index (χ1) is 8.19. The van der Waals surface area contributed by atoms with Crippen LogP contribution < -0.4 is 16.6 Å². The van der Waals surface area contributed by atoms with E-state index in [2.05, 4.69) is 27.6 Å². The highest BCUT2D eigenvalue weighted by molar-refractivity contribution is 7.98. The van der Waals surface area contributed by atoms with Gasteiger partial charge in [-0.1, -0.05) is 18.7 Å². The lowest BCUT2D eigenvalue weighted by molar-refractivity contribution is 0.164. The van der Waals surface area contributed by atoms with Gasteiger partial charge in [0, 0.05) is 19.7 Å². The van der Waals surface area contributed by atoms with Crippen molar-refractivity contribution in [3.8, 4) is 0 Å². The number of aromatic nitrogens is 2. The molecule has 1 aromatic heterocycles. The molecule has 0 radical (unpaired) electrons. The molecule has 0 saturated carbocycles. The van der Waals surface area contributed by atoms with Crippen molar-refractivity contribution in [2.24, 2.45) is 11.8 Å². The van der Waals surface area contributed by atoms with Gasteiger partial charge in [0.05, 0.1) is 6.61 Å². The zero-order valence-electron chi connectivity index (χ0n) is 10.4. The number of hydrogen-bond donors (Lipinski definition) is 3. The Morgan fingerprint density at radius 2 is 2.18 bits per heavy atom. The molecule has 4 N–H and O–H groups in total. The average molecular weight is 257 g/mol. The van der Waals surface area contributed by atoms with Gasteiger partial charge in [0.2, 0.25) is 0 Å². The number of nitrogens with two attached hydrogens (primary N) is 1. The van der Waals surface area contributed by atoms with Crippen molar-refractivity contribution < 1.29 is 4.74 Å². The Morgan fingerprint density at radius 1 is 1.47 bits per heavy atom. The van der Waals surface area contributed by atoms with Crippen LogP contribution >= 0.6 is 11.8 Å². The molecule has 1 heterocycles. The molecule has 1 atom stereocenters. The van der Waals surface area contributed by atoms with E-state index in [-0.39, 0.29) is 0 Å². The number of rotatable bonds is 7. The van der Waals surface area contributed by atoms with E-state index in [4.69, 9.17) is 10.6 Å². The summed E-state index contributed by atoms with van der Waals surface area (Å²) < 4.78 is 5.07. The molecule has 96 valence electrons. The molecule has 1 unspecified atom stereocenters. The topological polar surface area (TPSA) is 85.1 Å². The van der Waals surface area contributed by atoms with Gasteiger partial charge in [-0.2, -0.15) is 0 Å². The number of nitrogens with one attached hydrogen (secondary N) is 2. The highest BCUT2D eigenvalue weighted by atomic mass is 32.2. The van der Waals surface area contributed by atoms with Crippen molar-refractivity contribution in [1.29, 1.82) is 0 Å². The second-order valence-corrected chi connectivity index (χ2v) is 4.48. The summed E-state index contributed by atoms with van der Waals surface area (Å²) in [4.78, 5) is 8.52. The molecule has 0 amide bonds. The van der Waals surface area contributed by atoms with Gasteiger partial charge in [0.25, 0.3) is 0 Å². The molecule has 0 aliphatic carbocycles. The fraction of sp³-hybridized carbons (Fsp3) is 0.600. The molecular formula is C10H19N5OS. The lowest BCUT2D eigenvalue weighted by Gasteiger charge is -2.13. The van der Waals surface area contributed by atoms with Crippen LogP contribution in [0.2, 0.25) is 0 Å². The molecule has 1 rings (SSSR count). The van der Waals surface area contributed by atoms with Crippen LogP contribution in [0.25, 0.3) is 0 Å². The molecule has 0 spiro atoms. The Labute approximate surface area is 106 Å². The monoisotopic (exact) mass is 257 g/mol. The quantitative estimate of drug-likeness (QED) is 0.293. The number of hydrazine groups is 1. The van der Waals surface area contributed by atoms with Crippen molar-refractivity contribution in [3.63, 3.8) is 0 Å². The minimum Gasteiger partial charge on any atom is -0.384 e. The molecule has 0 fully saturated rings. The van der Waals surface area contributed by atoms with Crippen LogP contribution in [-0.4, -0.2) is 36.5 Å². The number of nitrogens with zero attached hydrogens (tertiary/aromatic N) is 2. The summed E-state index contributed by atoms with van der Waals surface area (Å²) in [6.45, 7) is 3.62. The van der Waals surface area contributed by atoms with E-state index < -0.39 is 0 Å². The molecule has 0 saturated heterocycles. The molecule has 0 aromatic carbocycles. The number of thioether (sulfide) groups is 1. The SMILES string of the molecule is COCC(C)CNc1cc(NN)nc(SC)n1. The third-order valence-corrected chi connectivity index (χ3v) is 2.67.